The van der Waals surface area contributed by atoms with Crippen LogP contribution in [0.15, 0.2) is 47.2 Å². The van der Waals surface area contributed by atoms with Gasteiger partial charge in [0.05, 0.1) is 0 Å². The van der Waals surface area contributed by atoms with E-state index in [1.165, 1.54) is 16.5 Å². The van der Waals surface area contributed by atoms with Crippen LogP contribution in [0.3, 0.4) is 0 Å². The van der Waals surface area contributed by atoms with Crippen LogP contribution < -0.4 is 5.32 Å². The first-order valence-corrected chi connectivity index (χ1v) is 6.94. The van der Waals surface area contributed by atoms with Crippen LogP contribution in [0.5, 0.6) is 0 Å². The molecule has 2 N–H and O–H groups in total. The molecule has 3 aromatic rings. The Labute approximate surface area is 120 Å². The Bertz CT molecular complexity index is 698. The smallest absolute Gasteiger partial charge is 0.137 e. The van der Waals surface area contributed by atoms with Gasteiger partial charge < -0.3 is 10.3 Å². The minimum atomic E-state index is 0.779. The summed E-state index contributed by atoms with van der Waals surface area (Å²) in [6, 6.07) is 10.4. The zero-order valence-corrected chi connectivity index (χ0v) is 12.2. The molecule has 0 saturated carbocycles. The molecule has 0 amide bonds. The highest BCUT2D eigenvalue weighted by atomic mass is 79.9. The van der Waals surface area contributed by atoms with E-state index in [9.17, 15) is 0 Å². The summed E-state index contributed by atoms with van der Waals surface area (Å²) in [6.45, 7) is 2.87. The first-order chi connectivity index (χ1) is 9.22. The topological polar surface area (TPSA) is 40.7 Å². The van der Waals surface area contributed by atoms with E-state index in [2.05, 4.69) is 62.4 Å². The van der Waals surface area contributed by atoms with E-state index in [-0.39, 0.29) is 0 Å². The van der Waals surface area contributed by atoms with Gasteiger partial charge in [-0.05, 0) is 48.4 Å². The molecule has 2 heterocycles. The fourth-order valence-corrected chi connectivity index (χ4v) is 2.80. The number of benzene rings is 1. The highest BCUT2D eigenvalue weighted by Crippen LogP contribution is 2.21. The van der Waals surface area contributed by atoms with Crippen molar-refractivity contribution in [3.05, 3.63) is 58.3 Å². The van der Waals surface area contributed by atoms with Gasteiger partial charge in [-0.1, -0.05) is 15.9 Å². The molecule has 4 heteroatoms. The lowest BCUT2D eigenvalue weighted by Gasteiger charge is -2.07. The van der Waals surface area contributed by atoms with Crippen LogP contribution in [-0.4, -0.2) is 9.97 Å². The van der Waals surface area contributed by atoms with Gasteiger partial charge in [0.25, 0.3) is 0 Å². The molecule has 0 aliphatic carbocycles. The van der Waals surface area contributed by atoms with Crippen LogP contribution in [0.4, 0.5) is 5.69 Å². The molecule has 3 rings (SSSR count). The van der Waals surface area contributed by atoms with Crippen molar-refractivity contribution >= 4 is 32.7 Å². The molecule has 0 unspecified atom stereocenters. The number of anilines is 1. The second-order valence-corrected chi connectivity index (χ2v) is 5.50. The van der Waals surface area contributed by atoms with Gasteiger partial charge in [-0.15, -0.1) is 0 Å². The summed E-state index contributed by atoms with van der Waals surface area (Å²) in [5.74, 6) is 0. The standard InChI is InChI=1S/C15H14BrN3/c1-10-5-12(16)7-13(6-10)18-8-11-9-19-15-14(11)3-2-4-17-15/h2-7,9,18H,8H2,1H3,(H,17,19). The Morgan fingerprint density at radius 2 is 2.21 bits per heavy atom. The van der Waals surface area contributed by atoms with Crippen LogP contribution in [0.1, 0.15) is 11.1 Å². The summed E-state index contributed by atoms with van der Waals surface area (Å²) < 4.78 is 1.09. The number of aromatic nitrogens is 2. The van der Waals surface area contributed by atoms with Crippen molar-refractivity contribution in [1.82, 2.24) is 9.97 Å². The minimum Gasteiger partial charge on any atom is -0.381 e. The molecule has 0 radical (unpaired) electrons. The van der Waals surface area contributed by atoms with Gasteiger partial charge in [0.1, 0.15) is 5.65 Å². The molecule has 1 aromatic carbocycles. The van der Waals surface area contributed by atoms with Gasteiger partial charge in [0.2, 0.25) is 0 Å². The first kappa shape index (κ1) is 12.2. The number of aryl methyl sites for hydroxylation is 1. The fourth-order valence-electron chi connectivity index (χ4n) is 2.19. The van der Waals surface area contributed by atoms with E-state index in [0.717, 1.165) is 22.4 Å². The number of halogens is 1. The number of aromatic amines is 1. The lowest BCUT2D eigenvalue weighted by molar-refractivity contribution is 1.16. The fraction of sp³-hybridized carbons (Fsp3) is 0.133. The lowest BCUT2D eigenvalue weighted by atomic mass is 10.2. The van der Waals surface area contributed by atoms with Crippen molar-refractivity contribution in [3.8, 4) is 0 Å². The van der Waals surface area contributed by atoms with Gasteiger partial charge in [0.15, 0.2) is 0 Å². The van der Waals surface area contributed by atoms with Gasteiger partial charge in [0, 0.05) is 34.5 Å². The summed E-state index contributed by atoms with van der Waals surface area (Å²) in [6.07, 6.45) is 3.81. The van der Waals surface area contributed by atoms with Crippen LogP contribution >= 0.6 is 15.9 Å². The van der Waals surface area contributed by atoms with Gasteiger partial charge in [-0.25, -0.2) is 4.98 Å². The zero-order valence-electron chi connectivity index (χ0n) is 10.6. The minimum absolute atomic E-state index is 0.779. The molecule has 96 valence electrons. The molecule has 0 fully saturated rings. The molecule has 0 spiro atoms. The molecule has 19 heavy (non-hydrogen) atoms. The Kier molecular flexibility index (Phi) is 3.25. The number of nitrogens with zero attached hydrogens (tertiary/aromatic N) is 1. The maximum absolute atomic E-state index is 4.29. The van der Waals surface area contributed by atoms with Crippen molar-refractivity contribution in [2.45, 2.75) is 13.5 Å². The van der Waals surface area contributed by atoms with Crippen LogP contribution in [0.25, 0.3) is 11.0 Å². The third-order valence-corrected chi connectivity index (χ3v) is 3.52. The van der Waals surface area contributed by atoms with E-state index in [0.29, 0.717) is 0 Å². The summed E-state index contributed by atoms with van der Waals surface area (Å²) in [5, 5.41) is 4.61. The molecule has 0 saturated heterocycles. The predicted octanol–water partition coefficient (Wildman–Crippen LogP) is 4.25. The molecular weight excluding hydrogens is 302 g/mol. The lowest BCUT2D eigenvalue weighted by Crippen LogP contribution is -1.99. The molecular formula is C15H14BrN3. The maximum Gasteiger partial charge on any atom is 0.137 e. The van der Waals surface area contributed by atoms with Crippen molar-refractivity contribution in [2.24, 2.45) is 0 Å². The summed E-state index contributed by atoms with van der Waals surface area (Å²) >= 11 is 3.52. The molecule has 0 atom stereocenters. The Hall–Kier alpha value is -1.81. The summed E-state index contributed by atoms with van der Waals surface area (Å²) in [5.41, 5.74) is 4.51. The molecule has 0 aliphatic rings. The van der Waals surface area contributed by atoms with Crippen molar-refractivity contribution in [2.75, 3.05) is 5.32 Å². The summed E-state index contributed by atoms with van der Waals surface area (Å²) in [4.78, 5) is 7.48. The Balaban J connectivity index is 1.82. The molecule has 3 nitrogen and oxygen atoms in total. The predicted molar refractivity (Wildman–Crippen MR) is 82.3 cm³/mol. The van der Waals surface area contributed by atoms with E-state index >= 15 is 0 Å². The number of hydrogen-bond donors (Lipinski definition) is 2. The second-order valence-electron chi connectivity index (χ2n) is 4.58. The Morgan fingerprint density at radius 1 is 1.32 bits per heavy atom. The van der Waals surface area contributed by atoms with Gasteiger partial charge in [-0.3, -0.25) is 0 Å². The monoisotopic (exact) mass is 315 g/mol. The average Bonchev–Trinajstić information content (AvgIpc) is 2.78. The van der Waals surface area contributed by atoms with Crippen LogP contribution in [-0.2, 0) is 6.54 Å². The third kappa shape index (κ3) is 2.63. The van der Waals surface area contributed by atoms with E-state index in [4.69, 9.17) is 0 Å². The molecule has 0 bridgehead atoms. The highest BCUT2D eigenvalue weighted by molar-refractivity contribution is 9.10. The maximum atomic E-state index is 4.29. The second kappa shape index (κ2) is 5.05. The number of pyridine rings is 1. The van der Waals surface area contributed by atoms with Gasteiger partial charge >= 0.3 is 0 Å². The number of hydrogen-bond acceptors (Lipinski definition) is 2. The first-order valence-electron chi connectivity index (χ1n) is 6.14. The van der Waals surface area contributed by atoms with Gasteiger partial charge in [-0.2, -0.15) is 0 Å². The van der Waals surface area contributed by atoms with E-state index < -0.39 is 0 Å². The van der Waals surface area contributed by atoms with Crippen molar-refractivity contribution in [3.63, 3.8) is 0 Å². The average molecular weight is 316 g/mol. The number of nitrogens with one attached hydrogen (secondary N) is 2. The number of rotatable bonds is 3. The number of fused-ring (bicyclic) bond motifs is 1. The molecule has 0 aliphatic heterocycles. The molecule has 2 aromatic heterocycles. The normalized spacial score (nSPS) is 10.8. The largest absolute Gasteiger partial charge is 0.381 e. The SMILES string of the molecule is Cc1cc(Br)cc(NCc2c[nH]c3ncccc23)c1. The highest BCUT2D eigenvalue weighted by Gasteiger charge is 2.04. The van der Waals surface area contributed by atoms with Crippen LogP contribution in [0, 0.1) is 6.92 Å². The zero-order chi connectivity index (χ0) is 13.2. The number of H-pyrrole nitrogens is 1. The van der Waals surface area contributed by atoms with Crippen LogP contribution in [0.2, 0.25) is 0 Å². The summed E-state index contributed by atoms with van der Waals surface area (Å²) in [7, 11) is 0. The van der Waals surface area contributed by atoms with Crippen molar-refractivity contribution < 1.29 is 0 Å². The quantitative estimate of drug-likeness (QED) is 0.758. The third-order valence-electron chi connectivity index (χ3n) is 3.06. The Morgan fingerprint density at radius 3 is 3.05 bits per heavy atom. The van der Waals surface area contributed by atoms with E-state index in [1.54, 1.807) is 6.20 Å². The van der Waals surface area contributed by atoms with E-state index in [1.807, 2.05) is 12.3 Å². The van der Waals surface area contributed by atoms with Crippen molar-refractivity contribution in [1.29, 1.82) is 0 Å².